The van der Waals surface area contributed by atoms with Crippen molar-refractivity contribution in [3.63, 3.8) is 0 Å². The Labute approximate surface area is 137 Å². The Morgan fingerprint density at radius 1 is 1.43 bits per heavy atom. The fraction of sp³-hybridized carbons (Fsp3) is 0.875. The van der Waals surface area contributed by atoms with Gasteiger partial charge in [0.15, 0.2) is 0 Å². The van der Waals surface area contributed by atoms with Gasteiger partial charge < -0.3 is 19.9 Å². The van der Waals surface area contributed by atoms with E-state index in [1.807, 2.05) is 11.8 Å². The Morgan fingerprint density at radius 3 is 2.74 bits per heavy atom. The Hall–Kier alpha value is -1.18. The fourth-order valence-corrected chi connectivity index (χ4v) is 3.10. The molecule has 2 fully saturated rings. The topological polar surface area (TPSA) is 88.1 Å². The lowest BCUT2D eigenvalue weighted by atomic mass is 9.85. The molecule has 1 aliphatic heterocycles. The lowest BCUT2D eigenvalue weighted by molar-refractivity contribution is -0.140. The number of hydrogen-bond acceptors (Lipinski definition) is 5. The summed E-state index contributed by atoms with van der Waals surface area (Å²) in [7, 11) is 0. The van der Waals surface area contributed by atoms with Crippen molar-refractivity contribution in [2.45, 2.75) is 63.8 Å². The van der Waals surface area contributed by atoms with Gasteiger partial charge in [0.25, 0.3) is 0 Å². The summed E-state index contributed by atoms with van der Waals surface area (Å²) < 4.78 is 11.1. The van der Waals surface area contributed by atoms with Crippen LogP contribution in [-0.2, 0) is 19.1 Å². The highest BCUT2D eigenvalue weighted by molar-refractivity contribution is 5.80. The third kappa shape index (κ3) is 5.44. The maximum Gasteiger partial charge on any atom is 0.317 e. The smallest absolute Gasteiger partial charge is 0.317 e. The number of rotatable bonds is 9. The molecule has 1 aliphatic carbocycles. The number of carbonyl (C=O) groups is 2. The zero-order valence-electron chi connectivity index (χ0n) is 14.0. The van der Waals surface area contributed by atoms with E-state index in [0.717, 1.165) is 32.3 Å². The molecule has 1 saturated carbocycles. The van der Waals surface area contributed by atoms with Gasteiger partial charge in [0.05, 0.1) is 19.3 Å². The van der Waals surface area contributed by atoms with Gasteiger partial charge in [0.1, 0.15) is 6.10 Å². The van der Waals surface area contributed by atoms with E-state index in [1.54, 1.807) is 6.92 Å². The van der Waals surface area contributed by atoms with Crippen LogP contribution in [0, 0.1) is 0 Å². The van der Waals surface area contributed by atoms with Crippen LogP contribution in [0.1, 0.15) is 39.5 Å². The normalized spacial score (nSPS) is 28.4. The van der Waals surface area contributed by atoms with E-state index < -0.39 is 12.1 Å². The zero-order valence-corrected chi connectivity index (χ0v) is 14.0. The average Bonchev–Trinajstić information content (AvgIpc) is 2.98. The molecular formula is C16H28N2O5. The predicted molar refractivity (Wildman–Crippen MR) is 84.2 cm³/mol. The minimum atomic E-state index is -0.810. The maximum absolute atomic E-state index is 12.1. The van der Waals surface area contributed by atoms with Crippen LogP contribution in [0.3, 0.4) is 0 Å². The van der Waals surface area contributed by atoms with E-state index in [4.69, 9.17) is 14.6 Å². The molecule has 0 bridgehead atoms. The van der Waals surface area contributed by atoms with Crippen LogP contribution in [0.5, 0.6) is 0 Å². The predicted octanol–water partition coefficient (Wildman–Crippen LogP) is 0.624. The van der Waals surface area contributed by atoms with Crippen molar-refractivity contribution in [3.05, 3.63) is 0 Å². The van der Waals surface area contributed by atoms with E-state index in [2.05, 4.69) is 5.32 Å². The highest BCUT2D eigenvalue weighted by Gasteiger charge is 2.35. The zero-order chi connectivity index (χ0) is 16.8. The second-order valence-electron chi connectivity index (χ2n) is 6.40. The number of aliphatic carboxylic acids is 1. The molecule has 2 aliphatic rings. The van der Waals surface area contributed by atoms with Crippen LogP contribution in [0.15, 0.2) is 0 Å². The Bertz CT molecular complexity index is 405. The summed E-state index contributed by atoms with van der Waals surface area (Å²) in [5, 5.41) is 11.9. The standard InChI is InChI=1S/C16H28N2O5/c1-3-18(9-15(19)20)13-7-12(8-13)17-16(21)11(2)23-10-14-5-4-6-22-14/h11-14H,3-10H2,1-2H3,(H,17,21)(H,19,20)/t11-,12?,13?,14-/m0/s1. The molecule has 0 radical (unpaired) electrons. The van der Waals surface area contributed by atoms with E-state index in [-0.39, 0.29) is 30.6 Å². The van der Waals surface area contributed by atoms with Gasteiger partial charge in [-0.05, 0) is 39.2 Å². The Kier molecular flexibility index (Phi) is 6.80. The highest BCUT2D eigenvalue weighted by atomic mass is 16.5. The second kappa shape index (κ2) is 8.61. The van der Waals surface area contributed by atoms with E-state index >= 15 is 0 Å². The third-order valence-corrected chi connectivity index (χ3v) is 4.65. The molecule has 132 valence electrons. The molecule has 1 amide bonds. The SMILES string of the molecule is CCN(CC(=O)O)C1CC(NC(=O)[C@H](C)OC[C@@H]2CCCO2)C1. The number of carbonyl (C=O) groups excluding carboxylic acids is 1. The van der Waals surface area contributed by atoms with Gasteiger partial charge in [0.2, 0.25) is 5.91 Å². The molecule has 0 spiro atoms. The van der Waals surface area contributed by atoms with Crippen LogP contribution in [-0.4, -0.2) is 72.5 Å². The van der Waals surface area contributed by atoms with E-state index in [1.165, 1.54) is 0 Å². The van der Waals surface area contributed by atoms with Crippen LogP contribution < -0.4 is 5.32 Å². The molecular weight excluding hydrogens is 300 g/mol. The van der Waals surface area contributed by atoms with Crippen molar-refractivity contribution in [2.75, 3.05) is 26.3 Å². The first kappa shape index (κ1) is 18.2. The molecule has 1 saturated heterocycles. The van der Waals surface area contributed by atoms with E-state index in [0.29, 0.717) is 13.2 Å². The quantitative estimate of drug-likeness (QED) is 0.645. The summed E-state index contributed by atoms with van der Waals surface area (Å²) in [6.45, 7) is 5.72. The Balaban J connectivity index is 1.63. The van der Waals surface area contributed by atoms with Gasteiger partial charge >= 0.3 is 5.97 Å². The lowest BCUT2D eigenvalue weighted by Crippen LogP contribution is -2.56. The highest BCUT2D eigenvalue weighted by Crippen LogP contribution is 2.25. The first-order chi connectivity index (χ1) is 11.0. The molecule has 2 rings (SSSR count). The van der Waals surface area contributed by atoms with Crippen LogP contribution in [0.4, 0.5) is 0 Å². The molecule has 2 atom stereocenters. The molecule has 0 aromatic rings. The summed E-state index contributed by atoms with van der Waals surface area (Å²) in [6.07, 6.45) is 3.28. The minimum absolute atomic E-state index is 0.0583. The van der Waals surface area contributed by atoms with Gasteiger partial charge in [-0.25, -0.2) is 0 Å². The minimum Gasteiger partial charge on any atom is -0.480 e. The summed E-state index contributed by atoms with van der Waals surface area (Å²) in [5.74, 6) is -0.914. The number of nitrogens with one attached hydrogen (secondary N) is 1. The van der Waals surface area contributed by atoms with E-state index in [9.17, 15) is 9.59 Å². The van der Waals surface area contributed by atoms with Crippen molar-refractivity contribution < 1.29 is 24.2 Å². The van der Waals surface area contributed by atoms with Crippen LogP contribution in [0.2, 0.25) is 0 Å². The molecule has 0 aromatic carbocycles. The fourth-order valence-electron chi connectivity index (χ4n) is 3.10. The number of likely N-dealkylation sites (N-methyl/N-ethyl adjacent to an activating group) is 1. The monoisotopic (exact) mass is 328 g/mol. The van der Waals surface area contributed by atoms with Gasteiger partial charge in [-0.2, -0.15) is 0 Å². The summed E-state index contributed by atoms with van der Waals surface area (Å²) in [5.41, 5.74) is 0. The number of carboxylic acid groups (broad SMARTS) is 1. The van der Waals surface area contributed by atoms with Gasteiger partial charge in [0, 0.05) is 18.7 Å². The maximum atomic E-state index is 12.1. The second-order valence-corrected chi connectivity index (χ2v) is 6.40. The van der Waals surface area contributed by atoms with Crippen molar-refractivity contribution in [2.24, 2.45) is 0 Å². The van der Waals surface area contributed by atoms with Crippen LogP contribution >= 0.6 is 0 Å². The number of amides is 1. The number of hydrogen-bond donors (Lipinski definition) is 2. The van der Waals surface area contributed by atoms with Crippen molar-refractivity contribution in [1.82, 2.24) is 10.2 Å². The van der Waals surface area contributed by atoms with Crippen LogP contribution in [0.25, 0.3) is 0 Å². The first-order valence-electron chi connectivity index (χ1n) is 8.49. The van der Waals surface area contributed by atoms with Gasteiger partial charge in [-0.3, -0.25) is 14.5 Å². The van der Waals surface area contributed by atoms with Gasteiger partial charge in [-0.15, -0.1) is 0 Å². The number of nitrogens with zero attached hydrogens (tertiary/aromatic N) is 1. The molecule has 0 aromatic heterocycles. The summed E-state index contributed by atoms with van der Waals surface area (Å²) in [4.78, 5) is 24.8. The molecule has 2 N–H and O–H groups in total. The molecule has 7 heteroatoms. The molecule has 23 heavy (non-hydrogen) atoms. The number of carboxylic acids is 1. The molecule has 1 heterocycles. The largest absolute Gasteiger partial charge is 0.480 e. The molecule has 0 unspecified atom stereocenters. The number of ether oxygens (including phenoxy) is 2. The third-order valence-electron chi connectivity index (χ3n) is 4.65. The lowest BCUT2D eigenvalue weighted by Gasteiger charge is -2.42. The van der Waals surface area contributed by atoms with Crippen molar-refractivity contribution in [3.8, 4) is 0 Å². The average molecular weight is 328 g/mol. The van der Waals surface area contributed by atoms with Crippen molar-refractivity contribution in [1.29, 1.82) is 0 Å². The van der Waals surface area contributed by atoms with Gasteiger partial charge in [-0.1, -0.05) is 6.92 Å². The molecule has 7 nitrogen and oxygen atoms in total. The van der Waals surface area contributed by atoms with Crippen molar-refractivity contribution >= 4 is 11.9 Å². The summed E-state index contributed by atoms with van der Waals surface area (Å²) >= 11 is 0. The summed E-state index contributed by atoms with van der Waals surface area (Å²) in [6, 6.07) is 0.355. The Morgan fingerprint density at radius 2 is 2.17 bits per heavy atom. The first-order valence-corrected chi connectivity index (χ1v) is 8.49.